The zero-order valence-corrected chi connectivity index (χ0v) is 9.58. The van der Waals surface area contributed by atoms with Gasteiger partial charge in [-0.15, -0.1) is 0 Å². The van der Waals surface area contributed by atoms with Crippen LogP contribution >= 0.6 is 0 Å². The van der Waals surface area contributed by atoms with Crippen molar-refractivity contribution < 1.29 is 9.18 Å². The van der Waals surface area contributed by atoms with Crippen molar-refractivity contribution in [3.8, 4) is 0 Å². The summed E-state index contributed by atoms with van der Waals surface area (Å²) >= 11 is 0. The van der Waals surface area contributed by atoms with E-state index in [4.69, 9.17) is 0 Å². The van der Waals surface area contributed by atoms with Crippen molar-refractivity contribution in [3.63, 3.8) is 0 Å². The molecule has 1 aromatic heterocycles. The number of carbonyl (C=O) groups is 1. The maximum atomic E-state index is 13.3. The lowest BCUT2D eigenvalue weighted by Gasteiger charge is -2.22. The smallest absolute Gasteiger partial charge is 0.254 e. The second kappa shape index (κ2) is 5.72. The van der Waals surface area contributed by atoms with Gasteiger partial charge in [0.15, 0.2) is 5.82 Å². The van der Waals surface area contributed by atoms with Crippen LogP contribution in [0, 0.1) is 11.7 Å². The van der Waals surface area contributed by atoms with Crippen LogP contribution in [0.4, 0.5) is 4.39 Å². The zero-order chi connectivity index (χ0) is 12.1. The van der Waals surface area contributed by atoms with Gasteiger partial charge in [-0.3, -0.25) is 9.78 Å². The summed E-state index contributed by atoms with van der Waals surface area (Å²) in [5, 5.41) is 6.04. The average Bonchev–Trinajstić information content (AvgIpc) is 2.38. The molecule has 1 fully saturated rings. The zero-order valence-electron chi connectivity index (χ0n) is 9.58. The summed E-state index contributed by atoms with van der Waals surface area (Å²) in [5.74, 6) is -0.441. The monoisotopic (exact) mass is 237 g/mol. The third kappa shape index (κ3) is 3.23. The third-order valence-electron chi connectivity index (χ3n) is 3.03. The van der Waals surface area contributed by atoms with Crippen molar-refractivity contribution in [2.45, 2.75) is 12.8 Å². The van der Waals surface area contributed by atoms with Gasteiger partial charge in [0.2, 0.25) is 0 Å². The molecule has 5 heteroatoms. The molecule has 0 aliphatic carbocycles. The van der Waals surface area contributed by atoms with E-state index in [-0.39, 0.29) is 11.5 Å². The molecule has 1 aliphatic rings. The van der Waals surface area contributed by atoms with E-state index in [0.29, 0.717) is 12.5 Å². The van der Waals surface area contributed by atoms with Gasteiger partial charge < -0.3 is 10.6 Å². The van der Waals surface area contributed by atoms with Crippen molar-refractivity contribution >= 4 is 5.91 Å². The van der Waals surface area contributed by atoms with Crippen LogP contribution in [-0.2, 0) is 0 Å². The molecule has 0 bridgehead atoms. The minimum atomic E-state index is -0.574. The Hall–Kier alpha value is -1.49. The molecule has 17 heavy (non-hydrogen) atoms. The fourth-order valence-electron chi connectivity index (χ4n) is 1.98. The Morgan fingerprint density at radius 2 is 2.29 bits per heavy atom. The van der Waals surface area contributed by atoms with Crippen molar-refractivity contribution in [2.24, 2.45) is 5.92 Å². The van der Waals surface area contributed by atoms with Crippen LogP contribution in [0.25, 0.3) is 0 Å². The van der Waals surface area contributed by atoms with E-state index < -0.39 is 5.82 Å². The molecule has 1 amide bonds. The first-order chi connectivity index (χ1) is 8.27. The molecule has 0 radical (unpaired) electrons. The Labute approximate surface area is 99.6 Å². The van der Waals surface area contributed by atoms with Crippen molar-refractivity contribution in [2.75, 3.05) is 19.6 Å². The number of halogens is 1. The summed E-state index contributed by atoms with van der Waals surface area (Å²) in [6.45, 7) is 2.59. The number of nitrogens with zero attached hydrogens (tertiary/aromatic N) is 1. The Balaban J connectivity index is 1.87. The van der Waals surface area contributed by atoms with Gasteiger partial charge in [-0.25, -0.2) is 4.39 Å². The highest BCUT2D eigenvalue weighted by Gasteiger charge is 2.16. The highest BCUT2D eigenvalue weighted by atomic mass is 19.1. The first-order valence-corrected chi connectivity index (χ1v) is 5.86. The average molecular weight is 237 g/mol. The number of aromatic nitrogens is 1. The van der Waals surface area contributed by atoms with Gasteiger partial charge in [-0.1, -0.05) is 0 Å². The minimum absolute atomic E-state index is 0.0638. The molecule has 0 spiro atoms. The van der Waals surface area contributed by atoms with Gasteiger partial charge in [0.1, 0.15) is 0 Å². The molecule has 92 valence electrons. The van der Waals surface area contributed by atoms with Crippen LogP contribution in [0.2, 0.25) is 0 Å². The van der Waals surface area contributed by atoms with Gasteiger partial charge in [-0.2, -0.15) is 0 Å². The lowest BCUT2D eigenvalue weighted by molar-refractivity contribution is 0.0940. The number of nitrogens with one attached hydrogen (secondary N) is 2. The Morgan fingerprint density at radius 1 is 1.53 bits per heavy atom. The second-order valence-electron chi connectivity index (χ2n) is 4.26. The molecule has 0 atom stereocenters. The number of pyridine rings is 1. The van der Waals surface area contributed by atoms with Gasteiger partial charge in [0.05, 0.1) is 11.8 Å². The lowest BCUT2D eigenvalue weighted by Crippen LogP contribution is -2.36. The maximum Gasteiger partial charge on any atom is 0.254 e. The Bertz CT molecular complexity index is 391. The summed E-state index contributed by atoms with van der Waals surface area (Å²) < 4.78 is 13.3. The van der Waals surface area contributed by atoms with E-state index in [9.17, 15) is 9.18 Å². The number of amides is 1. The predicted molar refractivity (Wildman–Crippen MR) is 62.1 cm³/mol. The van der Waals surface area contributed by atoms with Crippen molar-refractivity contribution in [1.29, 1.82) is 0 Å². The number of hydrogen-bond donors (Lipinski definition) is 2. The molecule has 4 nitrogen and oxygen atoms in total. The quantitative estimate of drug-likeness (QED) is 0.823. The highest BCUT2D eigenvalue weighted by molar-refractivity contribution is 5.94. The number of piperidine rings is 1. The third-order valence-corrected chi connectivity index (χ3v) is 3.03. The minimum Gasteiger partial charge on any atom is -0.352 e. The van der Waals surface area contributed by atoms with Crippen molar-refractivity contribution in [3.05, 3.63) is 29.8 Å². The van der Waals surface area contributed by atoms with Crippen LogP contribution in [0.5, 0.6) is 0 Å². The molecule has 1 aliphatic heterocycles. The van der Waals surface area contributed by atoms with Crippen LogP contribution in [0.15, 0.2) is 18.5 Å². The van der Waals surface area contributed by atoms with E-state index in [1.807, 2.05) is 0 Å². The Kier molecular flexibility index (Phi) is 4.03. The highest BCUT2D eigenvalue weighted by Crippen LogP contribution is 2.10. The Morgan fingerprint density at radius 3 is 3.00 bits per heavy atom. The summed E-state index contributed by atoms with van der Waals surface area (Å²) in [6.07, 6.45) is 4.58. The molecule has 0 unspecified atom stereocenters. The fraction of sp³-hybridized carbons (Fsp3) is 0.500. The molecular formula is C12H16FN3O. The second-order valence-corrected chi connectivity index (χ2v) is 4.26. The van der Waals surface area contributed by atoms with Crippen LogP contribution in [0.3, 0.4) is 0 Å². The van der Waals surface area contributed by atoms with Crippen LogP contribution in [0.1, 0.15) is 23.2 Å². The first-order valence-electron chi connectivity index (χ1n) is 5.86. The van der Waals surface area contributed by atoms with E-state index in [0.717, 1.165) is 32.1 Å². The molecule has 1 aromatic rings. The van der Waals surface area contributed by atoms with E-state index in [1.165, 1.54) is 12.3 Å². The number of carbonyl (C=O) groups excluding carboxylic acids is 1. The molecular weight excluding hydrogens is 221 g/mol. The molecule has 2 N–H and O–H groups in total. The molecule has 2 heterocycles. The first kappa shape index (κ1) is 12.0. The SMILES string of the molecule is O=C(NCC1CCNCC1)c1ccncc1F. The summed E-state index contributed by atoms with van der Waals surface area (Å²) in [7, 11) is 0. The summed E-state index contributed by atoms with van der Waals surface area (Å²) in [5.41, 5.74) is 0.0638. The fourth-order valence-corrected chi connectivity index (χ4v) is 1.98. The maximum absolute atomic E-state index is 13.3. The molecule has 1 saturated heterocycles. The molecule has 0 saturated carbocycles. The topological polar surface area (TPSA) is 54.0 Å². The summed E-state index contributed by atoms with van der Waals surface area (Å²) in [6, 6.07) is 1.40. The van der Waals surface area contributed by atoms with E-state index in [1.54, 1.807) is 0 Å². The van der Waals surface area contributed by atoms with E-state index in [2.05, 4.69) is 15.6 Å². The number of hydrogen-bond acceptors (Lipinski definition) is 3. The van der Waals surface area contributed by atoms with Gasteiger partial charge >= 0.3 is 0 Å². The van der Waals surface area contributed by atoms with Crippen LogP contribution in [-0.4, -0.2) is 30.5 Å². The predicted octanol–water partition coefficient (Wildman–Crippen LogP) is 0.950. The van der Waals surface area contributed by atoms with Crippen LogP contribution < -0.4 is 10.6 Å². The lowest BCUT2D eigenvalue weighted by atomic mass is 9.98. The number of rotatable bonds is 3. The molecule has 2 rings (SSSR count). The molecule has 0 aromatic carbocycles. The van der Waals surface area contributed by atoms with Gasteiger partial charge in [-0.05, 0) is 37.9 Å². The van der Waals surface area contributed by atoms with Gasteiger partial charge in [0, 0.05) is 12.7 Å². The normalized spacial score (nSPS) is 16.8. The largest absolute Gasteiger partial charge is 0.352 e. The van der Waals surface area contributed by atoms with E-state index >= 15 is 0 Å². The van der Waals surface area contributed by atoms with Gasteiger partial charge in [0.25, 0.3) is 5.91 Å². The summed E-state index contributed by atoms with van der Waals surface area (Å²) in [4.78, 5) is 15.3. The van der Waals surface area contributed by atoms with Crippen molar-refractivity contribution in [1.82, 2.24) is 15.6 Å². The standard InChI is InChI=1S/C12H16FN3O/c13-11-8-15-6-3-10(11)12(17)16-7-9-1-4-14-5-2-9/h3,6,8-9,14H,1-2,4-5,7H2,(H,16,17).